The molecule has 0 spiro atoms. The highest BCUT2D eigenvalue weighted by Crippen LogP contribution is 2.41. The molecule has 4 heteroatoms. The van der Waals surface area contributed by atoms with Crippen LogP contribution in [0.15, 0.2) is 0 Å². The molecular weight excluding hydrogens is 217 g/mol. The van der Waals surface area contributed by atoms with Crippen molar-refractivity contribution in [3.8, 4) is 0 Å². The lowest BCUT2D eigenvalue weighted by molar-refractivity contribution is 0.174. The van der Waals surface area contributed by atoms with Crippen LogP contribution in [0.5, 0.6) is 0 Å². The largest absolute Gasteiger partial charge is 0.327 e. The Balaban J connectivity index is 2.12. The van der Waals surface area contributed by atoms with Gasteiger partial charge in [0.1, 0.15) is 0 Å². The van der Waals surface area contributed by atoms with Crippen molar-refractivity contribution in [2.45, 2.75) is 69.1 Å². The molecule has 1 saturated carbocycles. The third kappa shape index (κ3) is 2.42. The van der Waals surface area contributed by atoms with Gasteiger partial charge >= 0.3 is 0 Å². The summed E-state index contributed by atoms with van der Waals surface area (Å²) in [6, 6.07) is 0.759. The molecule has 2 radical (unpaired) electrons. The first-order chi connectivity index (χ1) is 7.59. The molecular formula is C12H20BNOS. The first-order valence-electron chi connectivity index (χ1n) is 6.34. The molecule has 0 aromatic rings. The first kappa shape index (κ1) is 12.3. The summed E-state index contributed by atoms with van der Waals surface area (Å²) in [4.78, 5) is 14.0. The predicted molar refractivity (Wildman–Crippen MR) is 70.1 cm³/mol. The molecule has 0 aromatic carbocycles. The lowest BCUT2D eigenvalue weighted by Crippen LogP contribution is -2.41. The van der Waals surface area contributed by atoms with Crippen LogP contribution in [0.4, 0.5) is 4.79 Å². The summed E-state index contributed by atoms with van der Waals surface area (Å²) in [5.41, 5.74) is 0. The molecule has 88 valence electrons. The summed E-state index contributed by atoms with van der Waals surface area (Å²) in [6.07, 6.45) is 5.72. The highest BCUT2D eigenvalue weighted by atomic mass is 32.2. The Morgan fingerprint density at radius 1 is 1.38 bits per heavy atom. The molecule has 1 aliphatic heterocycles. The maximum atomic E-state index is 12.0. The average Bonchev–Trinajstić information content (AvgIpc) is 2.46. The van der Waals surface area contributed by atoms with Gasteiger partial charge in [-0.15, -0.1) is 0 Å². The molecule has 1 saturated heterocycles. The van der Waals surface area contributed by atoms with Crippen LogP contribution in [-0.4, -0.2) is 35.3 Å². The van der Waals surface area contributed by atoms with E-state index in [-0.39, 0.29) is 5.24 Å². The zero-order valence-corrected chi connectivity index (χ0v) is 11.0. The zero-order valence-electron chi connectivity index (χ0n) is 10.2. The van der Waals surface area contributed by atoms with Crippen molar-refractivity contribution in [2.75, 3.05) is 0 Å². The molecule has 16 heavy (non-hydrogen) atoms. The molecule has 2 aliphatic rings. The molecule has 2 fully saturated rings. The van der Waals surface area contributed by atoms with Crippen LogP contribution in [0.2, 0.25) is 5.82 Å². The van der Waals surface area contributed by atoms with Gasteiger partial charge in [-0.2, -0.15) is 0 Å². The minimum atomic E-state index is 0.263. The van der Waals surface area contributed by atoms with Gasteiger partial charge in [0.15, 0.2) is 0 Å². The second kappa shape index (κ2) is 5.03. The van der Waals surface area contributed by atoms with Crippen molar-refractivity contribution in [1.82, 2.24) is 4.90 Å². The molecule has 1 heterocycles. The van der Waals surface area contributed by atoms with Crippen molar-refractivity contribution < 1.29 is 4.79 Å². The standard InChI is InChI=1S/C12H20BNOS/c1-8(2)14-10-6-4-3-5-9(13)7-11(10)16-12(14)15/h8-11H,3-7H2,1-2H3. The Morgan fingerprint density at radius 3 is 2.75 bits per heavy atom. The Kier molecular flexibility index (Phi) is 3.88. The molecule has 2 nitrogen and oxygen atoms in total. The van der Waals surface area contributed by atoms with Crippen LogP contribution in [0.25, 0.3) is 0 Å². The van der Waals surface area contributed by atoms with E-state index in [9.17, 15) is 4.79 Å². The van der Waals surface area contributed by atoms with Gasteiger partial charge in [-0.25, -0.2) is 0 Å². The van der Waals surface area contributed by atoms with Crippen LogP contribution >= 0.6 is 11.8 Å². The van der Waals surface area contributed by atoms with Gasteiger partial charge in [0, 0.05) is 17.3 Å². The second-order valence-electron chi connectivity index (χ2n) is 5.27. The summed E-state index contributed by atoms with van der Waals surface area (Å²) in [6.45, 7) is 4.22. The molecule has 3 atom stereocenters. The fourth-order valence-corrected chi connectivity index (χ4v) is 4.38. The lowest BCUT2D eigenvalue weighted by atomic mass is 9.76. The smallest absolute Gasteiger partial charge is 0.282 e. The normalized spacial score (nSPS) is 36.1. The number of amides is 1. The van der Waals surface area contributed by atoms with E-state index in [0.29, 0.717) is 23.2 Å². The third-order valence-electron chi connectivity index (χ3n) is 3.67. The van der Waals surface area contributed by atoms with E-state index in [1.165, 1.54) is 24.6 Å². The number of carbonyl (C=O) groups is 1. The second-order valence-corrected chi connectivity index (χ2v) is 6.46. The summed E-state index contributed by atoms with van der Waals surface area (Å²) in [7, 11) is 6.08. The van der Waals surface area contributed by atoms with Gasteiger partial charge in [-0.1, -0.05) is 36.8 Å². The summed E-state index contributed by atoms with van der Waals surface area (Å²) >= 11 is 1.52. The lowest BCUT2D eigenvalue weighted by Gasteiger charge is -2.33. The van der Waals surface area contributed by atoms with Gasteiger partial charge in [0.05, 0.1) is 7.85 Å². The summed E-state index contributed by atoms with van der Waals surface area (Å²) in [5.74, 6) is 0.292. The molecule has 1 amide bonds. The van der Waals surface area contributed by atoms with E-state index in [1.807, 2.05) is 0 Å². The highest BCUT2D eigenvalue weighted by molar-refractivity contribution is 8.14. The minimum absolute atomic E-state index is 0.263. The number of hydrogen-bond acceptors (Lipinski definition) is 2. The number of carbonyl (C=O) groups excluding carboxylic acids is 1. The highest BCUT2D eigenvalue weighted by Gasteiger charge is 2.42. The van der Waals surface area contributed by atoms with Crippen LogP contribution in [-0.2, 0) is 0 Å². The molecule has 1 aliphatic carbocycles. The van der Waals surface area contributed by atoms with Gasteiger partial charge in [0.2, 0.25) is 0 Å². The molecule has 0 N–H and O–H groups in total. The third-order valence-corrected chi connectivity index (χ3v) is 4.89. The number of nitrogens with zero attached hydrogens (tertiary/aromatic N) is 1. The van der Waals surface area contributed by atoms with E-state index in [1.54, 1.807) is 0 Å². The van der Waals surface area contributed by atoms with Crippen LogP contribution in [0.1, 0.15) is 46.0 Å². The maximum Gasteiger partial charge on any atom is 0.282 e. The quantitative estimate of drug-likeness (QED) is 0.652. The zero-order chi connectivity index (χ0) is 11.7. The van der Waals surface area contributed by atoms with E-state index in [4.69, 9.17) is 7.85 Å². The van der Waals surface area contributed by atoms with Crippen molar-refractivity contribution >= 4 is 24.8 Å². The van der Waals surface area contributed by atoms with Crippen molar-refractivity contribution in [3.05, 3.63) is 0 Å². The van der Waals surface area contributed by atoms with Crippen LogP contribution < -0.4 is 0 Å². The molecule has 2 rings (SSSR count). The first-order valence-corrected chi connectivity index (χ1v) is 7.22. The van der Waals surface area contributed by atoms with E-state index in [0.717, 1.165) is 19.3 Å². The number of fused-ring (bicyclic) bond motifs is 1. The van der Waals surface area contributed by atoms with E-state index < -0.39 is 0 Å². The predicted octanol–water partition coefficient (Wildman–Crippen LogP) is 3.22. The summed E-state index contributed by atoms with van der Waals surface area (Å²) in [5, 5.41) is 0.698. The minimum Gasteiger partial charge on any atom is -0.327 e. The number of rotatable bonds is 1. The van der Waals surface area contributed by atoms with Crippen molar-refractivity contribution in [2.24, 2.45) is 0 Å². The van der Waals surface area contributed by atoms with Crippen molar-refractivity contribution in [3.63, 3.8) is 0 Å². The Morgan fingerprint density at radius 2 is 2.06 bits per heavy atom. The average molecular weight is 237 g/mol. The monoisotopic (exact) mass is 237 g/mol. The number of thioether (sulfide) groups is 1. The maximum absolute atomic E-state index is 12.0. The fourth-order valence-electron chi connectivity index (χ4n) is 2.88. The van der Waals surface area contributed by atoms with Gasteiger partial charge in [-0.3, -0.25) is 4.79 Å². The summed E-state index contributed by atoms with van der Waals surface area (Å²) < 4.78 is 0. The molecule has 0 aromatic heterocycles. The SMILES string of the molecule is [B]C1CCCCC2C(C1)SC(=O)N2C(C)C. The molecule has 0 bridgehead atoms. The topological polar surface area (TPSA) is 20.3 Å². The van der Waals surface area contributed by atoms with Crippen molar-refractivity contribution in [1.29, 1.82) is 0 Å². The fraction of sp³-hybridized carbons (Fsp3) is 0.917. The van der Waals surface area contributed by atoms with Gasteiger partial charge in [-0.05, 0) is 26.7 Å². The Bertz CT molecular complexity index is 272. The van der Waals surface area contributed by atoms with Crippen LogP contribution in [0.3, 0.4) is 0 Å². The van der Waals surface area contributed by atoms with Gasteiger partial charge < -0.3 is 4.90 Å². The number of hydrogen-bond donors (Lipinski definition) is 0. The van der Waals surface area contributed by atoms with Gasteiger partial charge in [0.25, 0.3) is 5.24 Å². The van der Waals surface area contributed by atoms with E-state index >= 15 is 0 Å². The Labute approximate surface area is 104 Å². The van der Waals surface area contributed by atoms with Crippen LogP contribution in [0, 0.1) is 0 Å². The Hall–Kier alpha value is -0.115. The van der Waals surface area contributed by atoms with E-state index in [2.05, 4.69) is 18.7 Å². The molecule has 3 unspecified atom stereocenters.